The van der Waals surface area contributed by atoms with Crippen molar-refractivity contribution in [1.29, 1.82) is 0 Å². The summed E-state index contributed by atoms with van der Waals surface area (Å²) in [6.07, 6.45) is 1.95. The number of aliphatic imine (C=N–C) groups is 1. The number of nitrogens with zero attached hydrogens (tertiary/aromatic N) is 1. The van der Waals surface area contributed by atoms with Crippen LogP contribution in [-0.2, 0) is 4.79 Å². The van der Waals surface area contributed by atoms with Gasteiger partial charge in [-0.25, -0.2) is 0 Å². The van der Waals surface area contributed by atoms with Crippen LogP contribution < -0.4 is 5.32 Å². The van der Waals surface area contributed by atoms with Gasteiger partial charge in [0, 0.05) is 6.92 Å². The van der Waals surface area contributed by atoms with Crippen LogP contribution in [0.2, 0.25) is 0 Å². The Morgan fingerprint density at radius 1 is 1.67 bits per heavy atom. The van der Waals surface area contributed by atoms with Gasteiger partial charge in [-0.3, -0.25) is 9.79 Å². The van der Waals surface area contributed by atoms with E-state index in [1.165, 1.54) is 12.5 Å². The lowest BCUT2D eigenvalue weighted by atomic mass is 10.0. The van der Waals surface area contributed by atoms with Crippen LogP contribution >= 0.6 is 0 Å². The second-order valence-electron chi connectivity index (χ2n) is 3.26. The summed E-state index contributed by atoms with van der Waals surface area (Å²) in [5.41, 5.74) is 1.28. The third-order valence-corrected chi connectivity index (χ3v) is 1.80. The van der Waals surface area contributed by atoms with Gasteiger partial charge in [0.05, 0.1) is 6.54 Å². The van der Waals surface area contributed by atoms with E-state index in [1.54, 1.807) is 0 Å². The average molecular weight is 166 g/mol. The number of nitrogens with one attached hydrogen (secondary N) is 1. The van der Waals surface area contributed by atoms with Gasteiger partial charge in [-0.1, -0.05) is 13.8 Å². The molecule has 0 radical (unpaired) electrons. The third kappa shape index (κ3) is 2.19. The molecule has 3 heteroatoms. The van der Waals surface area contributed by atoms with Crippen molar-refractivity contribution in [2.45, 2.75) is 20.8 Å². The van der Waals surface area contributed by atoms with Crippen molar-refractivity contribution >= 4 is 11.7 Å². The zero-order chi connectivity index (χ0) is 9.14. The summed E-state index contributed by atoms with van der Waals surface area (Å²) < 4.78 is 0. The van der Waals surface area contributed by atoms with Crippen molar-refractivity contribution in [1.82, 2.24) is 5.32 Å². The van der Waals surface area contributed by atoms with E-state index in [2.05, 4.69) is 24.2 Å². The molecule has 1 N–H and O–H groups in total. The summed E-state index contributed by atoms with van der Waals surface area (Å²) in [5, 5.41) is 2.66. The Labute approximate surface area is 72.6 Å². The minimum atomic E-state index is -0.0602. The van der Waals surface area contributed by atoms with E-state index < -0.39 is 0 Å². The normalized spacial score (nSPS) is 16.0. The Bertz CT molecular complexity index is 251. The average Bonchev–Trinajstić information content (AvgIpc) is 2.34. The Balaban J connectivity index is 2.55. The Hall–Kier alpha value is -1.12. The summed E-state index contributed by atoms with van der Waals surface area (Å²) in [5.74, 6) is 1.15. The highest BCUT2D eigenvalue weighted by atomic mass is 16.1. The zero-order valence-electron chi connectivity index (χ0n) is 7.72. The van der Waals surface area contributed by atoms with E-state index in [1.807, 2.05) is 6.08 Å². The molecule has 66 valence electrons. The number of amidine groups is 1. The molecular formula is C9H14N2O. The van der Waals surface area contributed by atoms with E-state index in [4.69, 9.17) is 0 Å². The van der Waals surface area contributed by atoms with Crippen molar-refractivity contribution in [3.05, 3.63) is 11.6 Å². The molecule has 0 aliphatic carbocycles. The van der Waals surface area contributed by atoms with Gasteiger partial charge in [0.25, 0.3) is 0 Å². The van der Waals surface area contributed by atoms with Gasteiger partial charge >= 0.3 is 0 Å². The van der Waals surface area contributed by atoms with E-state index >= 15 is 0 Å². The van der Waals surface area contributed by atoms with Crippen molar-refractivity contribution in [2.75, 3.05) is 6.54 Å². The number of amides is 1. The molecule has 0 saturated carbocycles. The molecule has 0 saturated heterocycles. The molecule has 1 aliphatic rings. The Kier molecular flexibility index (Phi) is 2.63. The van der Waals surface area contributed by atoms with Gasteiger partial charge in [0.2, 0.25) is 5.91 Å². The highest BCUT2D eigenvalue weighted by molar-refractivity contribution is 6.05. The molecule has 12 heavy (non-hydrogen) atoms. The van der Waals surface area contributed by atoms with Gasteiger partial charge in [-0.2, -0.15) is 0 Å². The lowest BCUT2D eigenvalue weighted by Gasteiger charge is -2.01. The van der Waals surface area contributed by atoms with Crippen molar-refractivity contribution in [3.63, 3.8) is 0 Å². The van der Waals surface area contributed by atoms with Crippen molar-refractivity contribution < 1.29 is 4.79 Å². The zero-order valence-corrected chi connectivity index (χ0v) is 7.72. The van der Waals surface area contributed by atoms with Gasteiger partial charge in [0.1, 0.15) is 5.84 Å². The third-order valence-electron chi connectivity index (χ3n) is 1.80. The number of hydrogen-bond acceptors (Lipinski definition) is 2. The molecule has 1 amide bonds. The van der Waals surface area contributed by atoms with Crippen LogP contribution in [0.1, 0.15) is 20.8 Å². The van der Waals surface area contributed by atoms with Crippen LogP contribution in [0.25, 0.3) is 0 Å². The summed E-state index contributed by atoms with van der Waals surface area (Å²) in [4.78, 5) is 14.8. The van der Waals surface area contributed by atoms with E-state index in [0.29, 0.717) is 11.8 Å². The Morgan fingerprint density at radius 3 is 2.75 bits per heavy atom. The number of carbonyl (C=O) groups is 1. The molecule has 0 fully saturated rings. The summed E-state index contributed by atoms with van der Waals surface area (Å²) in [6.45, 7) is 6.47. The van der Waals surface area contributed by atoms with Gasteiger partial charge in [-0.05, 0) is 17.6 Å². The SMILES string of the molecule is CC(=O)NC1=NCC(C(C)C)=C1. The summed E-state index contributed by atoms with van der Waals surface area (Å²) >= 11 is 0. The fraction of sp³-hybridized carbons (Fsp3) is 0.556. The lowest BCUT2D eigenvalue weighted by molar-refractivity contribution is -0.117. The molecular weight excluding hydrogens is 152 g/mol. The van der Waals surface area contributed by atoms with E-state index in [0.717, 1.165) is 6.54 Å². The molecule has 0 spiro atoms. The first kappa shape index (κ1) is 8.97. The predicted octanol–water partition coefficient (Wildman–Crippen LogP) is 1.12. The van der Waals surface area contributed by atoms with Gasteiger partial charge < -0.3 is 5.32 Å². The molecule has 0 unspecified atom stereocenters. The predicted molar refractivity (Wildman–Crippen MR) is 49.0 cm³/mol. The van der Waals surface area contributed by atoms with Crippen LogP contribution in [0.15, 0.2) is 16.6 Å². The largest absolute Gasteiger partial charge is 0.311 e. The number of hydrogen-bond donors (Lipinski definition) is 1. The fourth-order valence-electron chi connectivity index (χ4n) is 1.05. The first-order valence-electron chi connectivity index (χ1n) is 4.12. The van der Waals surface area contributed by atoms with Gasteiger partial charge in [-0.15, -0.1) is 0 Å². The molecule has 1 heterocycles. The molecule has 0 aromatic rings. The van der Waals surface area contributed by atoms with E-state index in [-0.39, 0.29) is 5.91 Å². The number of rotatable bonds is 1. The van der Waals surface area contributed by atoms with Crippen molar-refractivity contribution in [3.8, 4) is 0 Å². The maximum atomic E-state index is 10.7. The first-order chi connectivity index (χ1) is 5.59. The topological polar surface area (TPSA) is 41.5 Å². The minimum absolute atomic E-state index is 0.0602. The molecule has 0 bridgehead atoms. The maximum absolute atomic E-state index is 10.7. The highest BCUT2D eigenvalue weighted by Gasteiger charge is 2.11. The van der Waals surface area contributed by atoms with Crippen LogP contribution in [0.5, 0.6) is 0 Å². The molecule has 3 nitrogen and oxygen atoms in total. The number of carbonyl (C=O) groups excluding carboxylic acids is 1. The summed E-state index contributed by atoms with van der Waals surface area (Å²) in [6, 6.07) is 0. The minimum Gasteiger partial charge on any atom is -0.311 e. The van der Waals surface area contributed by atoms with Crippen LogP contribution in [-0.4, -0.2) is 18.3 Å². The second-order valence-corrected chi connectivity index (χ2v) is 3.26. The van der Waals surface area contributed by atoms with Crippen LogP contribution in [0.3, 0.4) is 0 Å². The fourth-order valence-corrected chi connectivity index (χ4v) is 1.05. The lowest BCUT2D eigenvalue weighted by Crippen LogP contribution is -2.25. The monoisotopic (exact) mass is 166 g/mol. The quantitative estimate of drug-likeness (QED) is 0.623. The maximum Gasteiger partial charge on any atom is 0.222 e. The van der Waals surface area contributed by atoms with E-state index in [9.17, 15) is 4.79 Å². The van der Waals surface area contributed by atoms with Crippen molar-refractivity contribution in [2.24, 2.45) is 10.9 Å². The Morgan fingerprint density at radius 2 is 2.33 bits per heavy atom. The molecule has 0 aromatic heterocycles. The van der Waals surface area contributed by atoms with Crippen LogP contribution in [0.4, 0.5) is 0 Å². The highest BCUT2D eigenvalue weighted by Crippen LogP contribution is 2.13. The molecule has 1 rings (SSSR count). The standard InChI is InChI=1S/C9H14N2O/c1-6(2)8-4-9(10-5-8)11-7(3)12/h4,6H,5H2,1-3H3,(H,10,11,12). The first-order valence-corrected chi connectivity index (χ1v) is 4.12. The smallest absolute Gasteiger partial charge is 0.222 e. The summed E-state index contributed by atoms with van der Waals surface area (Å²) in [7, 11) is 0. The van der Waals surface area contributed by atoms with Gasteiger partial charge in [0.15, 0.2) is 0 Å². The van der Waals surface area contributed by atoms with Crippen LogP contribution in [0, 0.1) is 5.92 Å². The second kappa shape index (κ2) is 3.52. The molecule has 0 aromatic carbocycles. The molecule has 0 atom stereocenters. The molecule has 1 aliphatic heterocycles.